The molecule has 0 atom stereocenters. The highest BCUT2D eigenvalue weighted by Gasteiger charge is 2.31. The topological polar surface area (TPSA) is 66.3 Å². The molecule has 4 rings (SSSR count). The number of nitrogens with one attached hydrogen (secondary N) is 1. The van der Waals surface area contributed by atoms with Crippen molar-refractivity contribution in [2.75, 3.05) is 43.4 Å². The van der Waals surface area contributed by atoms with Crippen LogP contribution in [0.3, 0.4) is 0 Å². The predicted octanol–water partition coefficient (Wildman–Crippen LogP) is 4.25. The van der Waals surface area contributed by atoms with Gasteiger partial charge in [0.15, 0.2) is 5.82 Å². The lowest BCUT2D eigenvalue weighted by Gasteiger charge is -2.35. The molecule has 1 aliphatic heterocycles. The van der Waals surface area contributed by atoms with Crippen LogP contribution in [0, 0.1) is 6.92 Å². The lowest BCUT2D eigenvalue weighted by molar-refractivity contribution is -0.137. The number of hydrogen-bond acceptors (Lipinski definition) is 5. The van der Waals surface area contributed by atoms with Gasteiger partial charge in [0.2, 0.25) is 0 Å². The molecule has 0 aliphatic carbocycles. The van der Waals surface area contributed by atoms with E-state index in [2.05, 4.69) is 32.2 Å². The van der Waals surface area contributed by atoms with E-state index in [1.807, 2.05) is 6.07 Å². The zero-order chi connectivity index (χ0) is 23.8. The van der Waals surface area contributed by atoms with Crippen LogP contribution >= 0.6 is 11.6 Å². The number of piperazine rings is 1. The van der Waals surface area contributed by atoms with Gasteiger partial charge in [-0.25, -0.2) is 9.67 Å². The van der Waals surface area contributed by atoms with Gasteiger partial charge in [-0.2, -0.15) is 18.3 Å². The Balaban J connectivity index is 1.57. The van der Waals surface area contributed by atoms with E-state index < -0.39 is 17.6 Å². The number of likely N-dealkylation sites (N-methyl/N-ethyl adjacent to an activating group) is 1. The quantitative estimate of drug-likeness (QED) is 0.607. The van der Waals surface area contributed by atoms with Crippen molar-refractivity contribution in [2.24, 2.45) is 0 Å². The molecular formula is C22H22ClF3N6O. The molecule has 0 bridgehead atoms. The van der Waals surface area contributed by atoms with E-state index in [9.17, 15) is 18.0 Å². The fourth-order valence-corrected chi connectivity index (χ4v) is 3.84. The maximum absolute atomic E-state index is 13.1. The number of nitrogens with zero attached hydrogens (tertiary/aromatic N) is 5. The summed E-state index contributed by atoms with van der Waals surface area (Å²) in [4.78, 5) is 21.3. The van der Waals surface area contributed by atoms with Crippen molar-refractivity contribution >= 4 is 28.9 Å². The van der Waals surface area contributed by atoms with Gasteiger partial charge in [-0.15, -0.1) is 0 Å². The molecular weight excluding hydrogens is 457 g/mol. The van der Waals surface area contributed by atoms with Crippen LogP contribution < -0.4 is 10.2 Å². The highest BCUT2D eigenvalue weighted by molar-refractivity contribution is 6.31. The van der Waals surface area contributed by atoms with Crippen molar-refractivity contribution in [3.63, 3.8) is 0 Å². The third-order valence-electron chi connectivity index (χ3n) is 5.60. The van der Waals surface area contributed by atoms with Crippen LogP contribution in [0.1, 0.15) is 21.6 Å². The van der Waals surface area contributed by atoms with Crippen LogP contribution in [-0.2, 0) is 6.18 Å². The smallest absolute Gasteiger partial charge is 0.367 e. The Morgan fingerprint density at radius 2 is 1.82 bits per heavy atom. The Bertz CT molecular complexity index is 1150. The maximum Gasteiger partial charge on any atom is 0.417 e. The minimum absolute atomic E-state index is 0.181. The van der Waals surface area contributed by atoms with Crippen molar-refractivity contribution in [1.29, 1.82) is 0 Å². The Hall–Kier alpha value is -3.11. The van der Waals surface area contributed by atoms with Crippen LogP contribution in [-0.4, -0.2) is 58.8 Å². The molecule has 3 aromatic rings. The Labute approximate surface area is 193 Å². The molecule has 1 aliphatic rings. The fraction of sp³-hybridized carbons (Fsp3) is 0.318. The molecule has 33 heavy (non-hydrogen) atoms. The first kappa shape index (κ1) is 23.1. The molecule has 0 spiro atoms. The normalized spacial score (nSPS) is 15.0. The fourth-order valence-electron chi connectivity index (χ4n) is 3.66. The summed E-state index contributed by atoms with van der Waals surface area (Å²) in [5.74, 6) is -0.219. The third kappa shape index (κ3) is 4.96. The van der Waals surface area contributed by atoms with Gasteiger partial charge in [0.1, 0.15) is 0 Å². The van der Waals surface area contributed by atoms with E-state index in [4.69, 9.17) is 11.6 Å². The number of rotatable bonds is 4. The van der Waals surface area contributed by atoms with Crippen LogP contribution in [0.4, 0.5) is 24.5 Å². The molecule has 1 saturated heterocycles. The number of alkyl halides is 3. The summed E-state index contributed by atoms with van der Waals surface area (Å²) < 4.78 is 39.7. The van der Waals surface area contributed by atoms with Gasteiger partial charge in [-0.3, -0.25) is 4.79 Å². The second-order valence-electron chi connectivity index (χ2n) is 7.86. The standard InChI is InChI=1S/C22H22ClF3N6O/c1-14-17(13-28-32(14)20-6-3-15(12-27-20)22(24,25)26)21(33)29-18-11-16(23)4-5-19(18)31-9-7-30(2)8-10-31/h3-6,11-13H,7-10H2,1-2H3,(H,29,33). The van der Waals surface area contributed by atoms with Gasteiger partial charge in [0.25, 0.3) is 5.91 Å². The van der Waals surface area contributed by atoms with Crippen molar-refractivity contribution in [3.05, 3.63) is 64.6 Å². The van der Waals surface area contributed by atoms with Gasteiger partial charge in [0.05, 0.1) is 34.4 Å². The second kappa shape index (κ2) is 9.03. The predicted molar refractivity (Wildman–Crippen MR) is 120 cm³/mol. The number of hydrogen-bond donors (Lipinski definition) is 1. The number of amides is 1. The minimum Gasteiger partial charge on any atom is -0.367 e. The molecule has 11 heteroatoms. The number of aromatic nitrogens is 3. The average molecular weight is 479 g/mol. The summed E-state index contributed by atoms with van der Waals surface area (Å²) in [7, 11) is 2.06. The molecule has 1 fully saturated rings. The molecule has 0 radical (unpaired) electrons. The Morgan fingerprint density at radius 1 is 1.09 bits per heavy atom. The highest BCUT2D eigenvalue weighted by atomic mass is 35.5. The summed E-state index contributed by atoms with van der Waals surface area (Å²) in [5, 5.41) is 7.55. The van der Waals surface area contributed by atoms with Crippen LogP contribution in [0.15, 0.2) is 42.7 Å². The number of halogens is 4. The number of anilines is 2. The summed E-state index contributed by atoms with van der Waals surface area (Å²) in [6.07, 6.45) is -2.37. The van der Waals surface area contributed by atoms with E-state index >= 15 is 0 Å². The SMILES string of the molecule is Cc1c(C(=O)Nc2cc(Cl)ccc2N2CCN(C)CC2)cnn1-c1ccc(C(F)(F)F)cn1. The van der Waals surface area contributed by atoms with E-state index in [0.29, 0.717) is 16.4 Å². The summed E-state index contributed by atoms with van der Waals surface area (Å²) in [6.45, 7) is 5.10. The van der Waals surface area contributed by atoms with Crippen molar-refractivity contribution in [3.8, 4) is 5.82 Å². The van der Waals surface area contributed by atoms with E-state index in [1.165, 1.54) is 16.9 Å². The Kier molecular flexibility index (Phi) is 6.31. The molecule has 1 N–H and O–H groups in total. The lowest BCUT2D eigenvalue weighted by atomic mass is 10.2. The zero-order valence-electron chi connectivity index (χ0n) is 18.0. The van der Waals surface area contributed by atoms with E-state index in [1.54, 1.807) is 19.1 Å². The minimum atomic E-state index is -4.48. The summed E-state index contributed by atoms with van der Waals surface area (Å²) >= 11 is 6.19. The molecule has 174 valence electrons. The monoisotopic (exact) mass is 478 g/mol. The number of benzene rings is 1. The van der Waals surface area contributed by atoms with Crippen LogP contribution in [0.2, 0.25) is 5.02 Å². The maximum atomic E-state index is 13.1. The number of carbonyl (C=O) groups is 1. The number of pyridine rings is 1. The molecule has 0 saturated carbocycles. The second-order valence-corrected chi connectivity index (χ2v) is 8.30. The lowest BCUT2D eigenvalue weighted by Crippen LogP contribution is -2.44. The van der Waals surface area contributed by atoms with Crippen molar-refractivity contribution in [1.82, 2.24) is 19.7 Å². The molecule has 1 aromatic carbocycles. The first-order valence-electron chi connectivity index (χ1n) is 10.3. The van der Waals surface area contributed by atoms with Gasteiger partial charge in [-0.1, -0.05) is 11.6 Å². The largest absolute Gasteiger partial charge is 0.417 e. The van der Waals surface area contributed by atoms with Crippen LogP contribution in [0.25, 0.3) is 5.82 Å². The highest BCUT2D eigenvalue weighted by Crippen LogP contribution is 2.31. The molecule has 7 nitrogen and oxygen atoms in total. The van der Waals surface area contributed by atoms with E-state index in [-0.39, 0.29) is 11.4 Å². The first-order chi connectivity index (χ1) is 15.6. The molecule has 2 aromatic heterocycles. The van der Waals surface area contributed by atoms with Crippen molar-refractivity contribution < 1.29 is 18.0 Å². The average Bonchev–Trinajstić information content (AvgIpc) is 3.15. The van der Waals surface area contributed by atoms with Gasteiger partial charge in [0, 0.05) is 37.4 Å². The van der Waals surface area contributed by atoms with Crippen molar-refractivity contribution in [2.45, 2.75) is 13.1 Å². The Morgan fingerprint density at radius 3 is 2.45 bits per heavy atom. The summed E-state index contributed by atoms with van der Waals surface area (Å²) in [6, 6.07) is 7.50. The zero-order valence-corrected chi connectivity index (χ0v) is 18.8. The van der Waals surface area contributed by atoms with E-state index in [0.717, 1.165) is 44.1 Å². The molecule has 1 amide bonds. The van der Waals surface area contributed by atoms with Crippen LogP contribution in [0.5, 0.6) is 0 Å². The van der Waals surface area contributed by atoms with Gasteiger partial charge < -0.3 is 15.1 Å². The number of carbonyl (C=O) groups excluding carboxylic acids is 1. The third-order valence-corrected chi connectivity index (χ3v) is 5.83. The van der Waals surface area contributed by atoms with Gasteiger partial charge >= 0.3 is 6.18 Å². The summed E-state index contributed by atoms with van der Waals surface area (Å²) in [5.41, 5.74) is 1.32. The van der Waals surface area contributed by atoms with Gasteiger partial charge in [-0.05, 0) is 44.3 Å². The first-order valence-corrected chi connectivity index (χ1v) is 10.6. The molecule has 0 unspecified atom stereocenters. The molecule has 3 heterocycles.